The minimum Gasteiger partial charge on any atom is -0.334 e. The predicted molar refractivity (Wildman–Crippen MR) is 299 cm³/mol. The lowest BCUT2D eigenvalue weighted by Gasteiger charge is -2.51. The van der Waals surface area contributed by atoms with Gasteiger partial charge in [-0.2, -0.15) is 0 Å². The minimum absolute atomic E-state index is 0.0671. The zero-order valence-corrected chi connectivity index (χ0v) is 42.4. The van der Waals surface area contributed by atoms with Gasteiger partial charge >= 0.3 is 0 Å². The highest BCUT2D eigenvalue weighted by atomic mass is 15.3. The van der Waals surface area contributed by atoms with Crippen molar-refractivity contribution in [2.45, 2.75) is 110 Å². The van der Waals surface area contributed by atoms with Gasteiger partial charge in [-0.05, 0) is 172 Å². The van der Waals surface area contributed by atoms with Crippen molar-refractivity contribution >= 4 is 68.6 Å². The molecule has 350 valence electrons. The van der Waals surface area contributed by atoms with Gasteiger partial charge in [0.15, 0.2) is 0 Å². The van der Waals surface area contributed by atoms with Crippen LogP contribution in [0.5, 0.6) is 0 Å². The van der Waals surface area contributed by atoms with Crippen LogP contribution in [0, 0.1) is 10.8 Å². The maximum absolute atomic E-state index is 2.84. The highest BCUT2D eigenvalue weighted by molar-refractivity contribution is 7.00. The molecule has 3 aliphatic heterocycles. The molecule has 0 bridgehead atoms. The third kappa shape index (κ3) is 6.41. The Morgan fingerprint density at radius 1 is 0.408 bits per heavy atom. The van der Waals surface area contributed by atoms with Gasteiger partial charge in [0.25, 0.3) is 6.71 Å². The van der Waals surface area contributed by atoms with Gasteiger partial charge in [0, 0.05) is 56.8 Å². The van der Waals surface area contributed by atoms with Crippen LogP contribution in [0.15, 0.2) is 176 Å². The monoisotopic (exact) mass is 922 g/mol. The lowest BCUT2D eigenvalue weighted by molar-refractivity contribution is 0.195. The second-order valence-corrected chi connectivity index (χ2v) is 24.2. The van der Waals surface area contributed by atoms with Gasteiger partial charge < -0.3 is 14.7 Å². The molecule has 0 amide bonds. The number of benzene rings is 8. The predicted octanol–water partition coefficient (Wildman–Crippen LogP) is 14.9. The summed E-state index contributed by atoms with van der Waals surface area (Å²) < 4.78 is 0. The molecule has 4 heteroatoms. The molecule has 0 N–H and O–H groups in total. The molecule has 3 aliphatic carbocycles. The van der Waals surface area contributed by atoms with E-state index in [1.165, 1.54) is 119 Å². The zero-order chi connectivity index (χ0) is 48.0. The standard InChI is InChI=1S/C67H64BN3/c1-64(2)40-47-28-30-52(34-48(47)41-64)70-59-37-50-43-65(3,4)42-49(50)36-56(59)68-55-26-16-17-27-58(55)69(51-24-14-9-15-25-51)60-38-53(39-61(70)63(60)68)71-57-31-29-46(35-54(57)66(5)32-18-19-33-67(66,71)6)62(44-20-10-7-11-21-44)45-22-12-8-13-23-45/h7-17,20-31,34-39,62H,18-19,32-33,40-43H2,1-6H3. The Bertz CT molecular complexity index is 3410. The first-order chi connectivity index (χ1) is 34.4. The van der Waals surface area contributed by atoms with Gasteiger partial charge in [0.1, 0.15) is 0 Å². The summed E-state index contributed by atoms with van der Waals surface area (Å²) in [6.45, 7) is 15.1. The highest BCUT2D eigenvalue weighted by Gasteiger charge is 2.58. The number of hydrogen-bond acceptors (Lipinski definition) is 3. The van der Waals surface area contributed by atoms with Crippen molar-refractivity contribution in [2.75, 3.05) is 14.7 Å². The van der Waals surface area contributed by atoms with Gasteiger partial charge in [0.05, 0.1) is 5.54 Å². The average molecular weight is 922 g/mol. The van der Waals surface area contributed by atoms with E-state index in [-0.39, 0.29) is 34.4 Å². The molecular formula is C67H64BN3. The van der Waals surface area contributed by atoms with Gasteiger partial charge in [-0.1, -0.05) is 169 Å². The molecular weight excluding hydrogens is 858 g/mol. The normalized spacial score (nSPS) is 21.6. The summed E-state index contributed by atoms with van der Waals surface area (Å²) in [7, 11) is 0. The van der Waals surface area contributed by atoms with Gasteiger partial charge in [-0.25, -0.2) is 0 Å². The Kier molecular flexibility index (Phi) is 9.32. The van der Waals surface area contributed by atoms with E-state index in [0.717, 1.165) is 38.5 Å². The van der Waals surface area contributed by atoms with E-state index >= 15 is 0 Å². The SMILES string of the molecule is CC1(C)Cc2ccc(N3c4cc5c(cc4B4c6ccccc6N(c6ccccc6)c6cc(N7c8ccc(C(c9ccccc9)c9ccccc9)cc8C8(C)CCCCC78C)cc3c64)CC(C)(C)C5)cc2C1. The first-order valence-corrected chi connectivity index (χ1v) is 26.6. The van der Waals surface area contributed by atoms with E-state index in [0.29, 0.717) is 0 Å². The fourth-order valence-electron chi connectivity index (χ4n) is 15.1. The molecule has 1 fully saturated rings. The maximum Gasteiger partial charge on any atom is 0.252 e. The fraction of sp³-hybridized carbons (Fsp3) is 0.284. The zero-order valence-electron chi connectivity index (χ0n) is 42.4. The van der Waals surface area contributed by atoms with E-state index in [1.54, 1.807) is 0 Å². The molecule has 0 radical (unpaired) electrons. The second-order valence-electron chi connectivity index (χ2n) is 24.2. The molecule has 3 heterocycles. The third-order valence-electron chi connectivity index (χ3n) is 18.4. The third-order valence-corrected chi connectivity index (χ3v) is 18.4. The Morgan fingerprint density at radius 2 is 0.986 bits per heavy atom. The van der Waals surface area contributed by atoms with E-state index in [2.05, 4.69) is 232 Å². The molecule has 0 saturated heterocycles. The van der Waals surface area contributed by atoms with Crippen LogP contribution in [-0.2, 0) is 31.1 Å². The number of para-hydroxylation sites is 2. The van der Waals surface area contributed by atoms with Gasteiger partial charge in [-0.3, -0.25) is 0 Å². The van der Waals surface area contributed by atoms with Crippen molar-refractivity contribution in [3.63, 3.8) is 0 Å². The van der Waals surface area contributed by atoms with Crippen molar-refractivity contribution in [2.24, 2.45) is 10.8 Å². The number of hydrogen-bond donors (Lipinski definition) is 0. The molecule has 2 unspecified atom stereocenters. The molecule has 3 nitrogen and oxygen atoms in total. The first kappa shape index (κ1) is 43.0. The van der Waals surface area contributed by atoms with Crippen molar-refractivity contribution in [3.8, 4) is 0 Å². The van der Waals surface area contributed by atoms with E-state index in [4.69, 9.17) is 0 Å². The molecule has 2 atom stereocenters. The highest BCUT2D eigenvalue weighted by Crippen LogP contribution is 2.62. The Balaban J connectivity index is 1.04. The van der Waals surface area contributed by atoms with Crippen molar-refractivity contribution in [1.82, 2.24) is 0 Å². The van der Waals surface area contributed by atoms with Crippen molar-refractivity contribution in [3.05, 3.63) is 220 Å². The Labute approximate surface area is 422 Å². The Morgan fingerprint density at radius 3 is 1.68 bits per heavy atom. The summed E-state index contributed by atoms with van der Waals surface area (Å²) in [6.07, 6.45) is 9.18. The molecule has 8 aromatic carbocycles. The number of anilines is 8. The Hall–Kier alpha value is -6.78. The summed E-state index contributed by atoms with van der Waals surface area (Å²) in [5, 5.41) is 0. The van der Waals surface area contributed by atoms with Gasteiger partial charge in [-0.15, -0.1) is 0 Å². The smallest absolute Gasteiger partial charge is 0.252 e. The first-order valence-electron chi connectivity index (χ1n) is 26.6. The van der Waals surface area contributed by atoms with Crippen LogP contribution in [0.25, 0.3) is 0 Å². The topological polar surface area (TPSA) is 9.72 Å². The van der Waals surface area contributed by atoms with Crippen molar-refractivity contribution < 1.29 is 0 Å². The summed E-state index contributed by atoms with van der Waals surface area (Å²) in [4.78, 5) is 8.16. The lowest BCUT2D eigenvalue weighted by Crippen LogP contribution is -2.61. The average Bonchev–Trinajstić information content (AvgIpc) is 3.94. The van der Waals surface area contributed by atoms with Crippen LogP contribution in [0.3, 0.4) is 0 Å². The van der Waals surface area contributed by atoms with E-state index < -0.39 is 0 Å². The van der Waals surface area contributed by atoms with Gasteiger partial charge in [0.2, 0.25) is 0 Å². The van der Waals surface area contributed by atoms with Crippen LogP contribution >= 0.6 is 0 Å². The summed E-state index contributed by atoms with van der Waals surface area (Å²) in [5.41, 5.74) is 26.3. The lowest BCUT2D eigenvalue weighted by atomic mass is 9.33. The van der Waals surface area contributed by atoms with Crippen LogP contribution in [-0.4, -0.2) is 12.3 Å². The van der Waals surface area contributed by atoms with Crippen molar-refractivity contribution in [1.29, 1.82) is 0 Å². The molecule has 71 heavy (non-hydrogen) atoms. The largest absolute Gasteiger partial charge is 0.334 e. The molecule has 0 aromatic heterocycles. The summed E-state index contributed by atoms with van der Waals surface area (Å²) in [6, 6.07) is 68.4. The van der Waals surface area contributed by atoms with Crippen LogP contribution < -0.4 is 31.1 Å². The summed E-state index contributed by atoms with van der Waals surface area (Å²) in [5.74, 6) is 0.137. The number of nitrogens with zero attached hydrogens (tertiary/aromatic N) is 3. The molecule has 0 spiro atoms. The maximum atomic E-state index is 2.84. The number of fused-ring (bicyclic) bond motifs is 9. The quantitative estimate of drug-likeness (QED) is 0.122. The molecule has 6 aliphatic rings. The van der Waals surface area contributed by atoms with E-state index in [1.807, 2.05) is 0 Å². The number of rotatable bonds is 6. The van der Waals surface area contributed by atoms with Crippen LogP contribution in [0.2, 0.25) is 0 Å². The second kappa shape index (κ2) is 15.4. The van der Waals surface area contributed by atoms with Crippen LogP contribution in [0.4, 0.5) is 45.5 Å². The van der Waals surface area contributed by atoms with Crippen LogP contribution in [0.1, 0.15) is 118 Å². The molecule has 1 saturated carbocycles. The minimum atomic E-state index is -0.158. The molecule has 14 rings (SSSR count). The fourth-order valence-corrected chi connectivity index (χ4v) is 15.1. The van der Waals surface area contributed by atoms with E-state index in [9.17, 15) is 0 Å². The summed E-state index contributed by atoms with van der Waals surface area (Å²) >= 11 is 0. The molecule has 8 aromatic rings.